The lowest BCUT2D eigenvalue weighted by Gasteiger charge is -2.43. The molecule has 4 aromatic carbocycles. The van der Waals surface area contributed by atoms with Gasteiger partial charge in [-0.2, -0.15) is 0 Å². The number of hydrogen-bond donors (Lipinski definition) is 0. The summed E-state index contributed by atoms with van der Waals surface area (Å²) in [4.78, 5) is 14.6. The normalized spacial score (nSPS) is 11.6. The summed E-state index contributed by atoms with van der Waals surface area (Å²) in [5.74, 6) is 8.72. The largest absolute Gasteiger partial charge is 0.208 e. The molecule has 44 heavy (non-hydrogen) atoms. The predicted molar refractivity (Wildman–Crippen MR) is 189 cm³/mol. The van der Waals surface area contributed by atoms with Gasteiger partial charge in [-0.1, -0.05) is 130 Å². The number of benzene rings is 4. The van der Waals surface area contributed by atoms with Crippen LogP contribution in [0.3, 0.4) is 0 Å². The van der Waals surface area contributed by atoms with Crippen molar-refractivity contribution in [2.45, 2.75) is 72.0 Å². The first-order valence-electron chi connectivity index (χ1n) is 15.7. The average Bonchev–Trinajstić information content (AvgIpc) is 3.01. The van der Waals surface area contributed by atoms with Gasteiger partial charge in [0, 0.05) is 27.8 Å². The Morgan fingerprint density at radius 2 is 0.727 bits per heavy atom. The van der Waals surface area contributed by atoms with E-state index in [1.807, 2.05) is 24.3 Å². The van der Waals surface area contributed by atoms with E-state index in [1.54, 1.807) is 5.19 Å². The lowest BCUT2D eigenvalue weighted by atomic mass is 10.1. The van der Waals surface area contributed by atoms with E-state index in [2.05, 4.69) is 140 Å². The molecule has 1 heterocycles. The molecule has 3 nitrogen and oxygen atoms in total. The first-order valence-corrected chi connectivity index (χ1v) is 17.9. The highest BCUT2D eigenvalue weighted by molar-refractivity contribution is 6.95. The molecule has 0 aliphatic carbocycles. The smallest absolute Gasteiger partial charge is 0.164 e. The molecule has 0 aliphatic heterocycles. The van der Waals surface area contributed by atoms with Gasteiger partial charge in [0.25, 0.3) is 0 Å². The summed E-state index contributed by atoms with van der Waals surface area (Å²) in [7, 11) is -1.67. The zero-order valence-electron chi connectivity index (χ0n) is 27.3. The molecule has 0 aliphatic rings. The van der Waals surface area contributed by atoms with Gasteiger partial charge in [-0.05, 0) is 66.9 Å². The number of hydrogen-bond acceptors (Lipinski definition) is 3. The highest BCUT2D eigenvalue weighted by Gasteiger charge is 2.44. The molecule has 0 amide bonds. The van der Waals surface area contributed by atoms with E-state index in [0.29, 0.717) is 34.1 Å². The first kappa shape index (κ1) is 31.1. The third kappa shape index (κ3) is 6.44. The van der Waals surface area contributed by atoms with Crippen molar-refractivity contribution in [1.29, 1.82) is 0 Å². The summed E-state index contributed by atoms with van der Waals surface area (Å²) in [5, 5.41) is 1.54. The third-order valence-corrected chi connectivity index (χ3v) is 16.1. The maximum atomic E-state index is 4.88. The van der Waals surface area contributed by atoms with E-state index >= 15 is 0 Å². The Labute approximate surface area is 264 Å². The van der Waals surface area contributed by atoms with Crippen LogP contribution in [0.5, 0.6) is 0 Å². The van der Waals surface area contributed by atoms with E-state index in [-0.39, 0.29) is 0 Å². The molecule has 0 spiro atoms. The van der Waals surface area contributed by atoms with Crippen molar-refractivity contribution in [3.63, 3.8) is 0 Å². The Bertz CT molecular complexity index is 1690. The van der Waals surface area contributed by atoms with Gasteiger partial charge in [0.15, 0.2) is 17.5 Å². The van der Waals surface area contributed by atoms with Crippen LogP contribution < -0.4 is 5.19 Å². The quantitative estimate of drug-likeness (QED) is 0.139. The molecular formula is C40H43N3Si. The predicted octanol–water partition coefficient (Wildman–Crippen LogP) is 9.78. The SMILES string of the molecule is Cc1ccc(-c2nc(-c3ccc(C)cc3)nc(-c3ccc(C#Cc4ccc([Si](C(C)C)(C(C)C)C(C)C)cc4)cc3)n2)cc1. The van der Waals surface area contributed by atoms with Gasteiger partial charge in [-0.25, -0.2) is 15.0 Å². The molecule has 0 radical (unpaired) electrons. The zero-order chi connectivity index (χ0) is 31.4. The maximum Gasteiger partial charge on any atom is 0.164 e. The summed E-state index contributed by atoms with van der Waals surface area (Å²) in [5.41, 5.74) is 9.32. The van der Waals surface area contributed by atoms with Crippen LogP contribution in [0.25, 0.3) is 34.2 Å². The fourth-order valence-corrected chi connectivity index (χ4v) is 13.6. The van der Waals surface area contributed by atoms with E-state index in [0.717, 1.165) is 27.8 Å². The third-order valence-electron chi connectivity index (χ3n) is 9.00. The molecule has 0 N–H and O–H groups in total. The molecule has 0 saturated heterocycles. The highest BCUT2D eigenvalue weighted by Crippen LogP contribution is 2.41. The molecule has 0 fully saturated rings. The molecule has 0 atom stereocenters. The lowest BCUT2D eigenvalue weighted by Crippen LogP contribution is -2.55. The van der Waals surface area contributed by atoms with E-state index in [4.69, 9.17) is 15.0 Å². The monoisotopic (exact) mass is 593 g/mol. The molecular weight excluding hydrogens is 551 g/mol. The second-order valence-electron chi connectivity index (χ2n) is 12.8. The van der Waals surface area contributed by atoms with Crippen LogP contribution in [0.1, 0.15) is 63.8 Å². The van der Waals surface area contributed by atoms with Crippen LogP contribution in [0, 0.1) is 25.7 Å². The van der Waals surface area contributed by atoms with Crippen LogP contribution in [0.4, 0.5) is 0 Å². The van der Waals surface area contributed by atoms with Crippen LogP contribution in [-0.2, 0) is 0 Å². The second-order valence-corrected chi connectivity index (χ2v) is 18.7. The minimum Gasteiger partial charge on any atom is -0.208 e. The van der Waals surface area contributed by atoms with Gasteiger partial charge in [0.2, 0.25) is 0 Å². The molecule has 0 saturated carbocycles. The standard InChI is InChI=1S/C40H43N3Si/c1-27(2)44(28(3)4,29(5)6)37-25-17-33(18-26-37)14-13-32-15-23-36(24-16-32)40-42-38(34-19-9-30(7)10-20-34)41-39(43-40)35-21-11-31(8)12-22-35/h9-12,15-29H,1-8H3. The highest BCUT2D eigenvalue weighted by atomic mass is 28.3. The fourth-order valence-electron chi connectivity index (χ4n) is 6.86. The molecule has 0 unspecified atom stereocenters. The summed E-state index contributed by atoms with van der Waals surface area (Å²) >= 11 is 0. The van der Waals surface area contributed by atoms with E-state index in [1.165, 1.54) is 11.1 Å². The van der Waals surface area contributed by atoms with Crippen molar-refractivity contribution in [2.75, 3.05) is 0 Å². The van der Waals surface area contributed by atoms with Crippen LogP contribution in [0.15, 0.2) is 97.1 Å². The lowest BCUT2D eigenvalue weighted by molar-refractivity contribution is 0.835. The minimum atomic E-state index is -1.67. The minimum absolute atomic E-state index is 0.648. The van der Waals surface area contributed by atoms with Crippen molar-refractivity contribution in [3.05, 3.63) is 119 Å². The number of rotatable bonds is 7. The van der Waals surface area contributed by atoms with Gasteiger partial charge >= 0.3 is 0 Å². The Morgan fingerprint density at radius 3 is 1.05 bits per heavy atom. The number of aryl methyl sites for hydroxylation is 2. The molecule has 222 valence electrons. The van der Waals surface area contributed by atoms with Gasteiger partial charge in [-0.15, -0.1) is 0 Å². The van der Waals surface area contributed by atoms with Crippen molar-refractivity contribution < 1.29 is 0 Å². The van der Waals surface area contributed by atoms with Gasteiger partial charge in [-0.3, -0.25) is 0 Å². The first-order chi connectivity index (χ1) is 21.1. The summed E-state index contributed by atoms with van der Waals surface area (Å²) in [6.45, 7) is 18.6. The van der Waals surface area contributed by atoms with E-state index < -0.39 is 8.07 Å². The summed E-state index contributed by atoms with van der Waals surface area (Å²) in [6, 6.07) is 33.9. The number of nitrogens with zero attached hydrogens (tertiary/aromatic N) is 3. The topological polar surface area (TPSA) is 38.7 Å². The van der Waals surface area contributed by atoms with Crippen LogP contribution >= 0.6 is 0 Å². The van der Waals surface area contributed by atoms with Gasteiger partial charge in [0.1, 0.15) is 0 Å². The van der Waals surface area contributed by atoms with Crippen molar-refractivity contribution in [1.82, 2.24) is 15.0 Å². The van der Waals surface area contributed by atoms with E-state index in [9.17, 15) is 0 Å². The second kappa shape index (κ2) is 13.1. The van der Waals surface area contributed by atoms with Gasteiger partial charge in [0.05, 0.1) is 8.07 Å². The zero-order valence-corrected chi connectivity index (χ0v) is 28.3. The molecule has 1 aromatic heterocycles. The molecule has 4 heteroatoms. The molecule has 5 rings (SSSR count). The summed E-state index contributed by atoms with van der Waals surface area (Å²) in [6.07, 6.45) is 0. The maximum absolute atomic E-state index is 4.88. The number of aromatic nitrogens is 3. The van der Waals surface area contributed by atoms with Crippen LogP contribution in [-0.4, -0.2) is 23.0 Å². The average molecular weight is 594 g/mol. The Morgan fingerprint density at radius 1 is 0.432 bits per heavy atom. The van der Waals surface area contributed by atoms with Crippen molar-refractivity contribution in [2.24, 2.45) is 0 Å². The summed E-state index contributed by atoms with van der Waals surface area (Å²) < 4.78 is 0. The Balaban J connectivity index is 1.44. The van der Waals surface area contributed by atoms with Gasteiger partial charge < -0.3 is 0 Å². The Hall–Kier alpha value is -4.33. The fraction of sp³-hybridized carbons (Fsp3) is 0.275. The van der Waals surface area contributed by atoms with Crippen LogP contribution in [0.2, 0.25) is 16.6 Å². The van der Waals surface area contributed by atoms with Crippen molar-refractivity contribution in [3.8, 4) is 46.0 Å². The molecule has 0 bridgehead atoms. The van der Waals surface area contributed by atoms with Crippen molar-refractivity contribution >= 4 is 13.3 Å². The Kier molecular flexibility index (Phi) is 9.27. The molecule has 5 aromatic rings.